The zero-order valence-electron chi connectivity index (χ0n) is 13.7. The minimum Gasteiger partial charge on any atom is -0.438 e. The van der Waals surface area contributed by atoms with E-state index in [1.807, 2.05) is 30.3 Å². The van der Waals surface area contributed by atoms with Crippen molar-refractivity contribution in [3.05, 3.63) is 65.9 Å². The Balaban J connectivity index is 1.57. The summed E-state index contributed by atoms with van der Waals surface area (Å²) in [5.74, 6) is -0.0798. The average molecular weight is 349 g/mol. The number of carbonyl (C=O) groups is 1. The Morgan fingerprint density at radius 2 is 1.92 bits per heavy atom. The lowest BCUT2D eigenvalue weighted by atomic mass is 10.2. The van der Waals surface area contributed by atoms with Gasteiger partial charge in [-0.15, -0.1) is 11.3 Å². The predicted molar refractivity (Wildman–Crippen MR) is 99.0 cm³/mol. The molecule has 0 radical (unpaired) electrons. The van der Waals surface area contributed by atoms with Crippen LogP contribution in [-0.4, -0.2) is 15.9 Å². The van der Waals surface area contributed by atoms with Gasteiger partial charge in [0.15, 0.2) is 6.39 Å². The normalized spacial score (nSPS) is 11.0. The molecule has 0 saturated carbocycles. The molecule has 4 rings (SSSR count). The van der Waals surface area contributed by atoms with Crippen LogP contribution < -0.4 is 5.32 Å². The summed E-state index contributed by atoms with van der Waals surface area (Å²) in [6.45, 7) is 3.81. The number of rotatable bonds is 3. The van der Waals surface area contributed by atoms with E-state index in [0.29, 0.717) is 11.4 Å². The van der Waals surface area contributed by atoms with Gasteiger partial charge in [-0.3, -0.25) is 4.79 Å². The number of carbonyl (C=O) groups excluding carboxylic acids is 1. The van der Waals surface area contributed by atoms with Crippen molar-refractivity contribution in [1.82, 2.24) is 9.97 Å². The maximum atomic E-state index is 12.1. The van der Waals surface area contributed by atoms with Crippen LogP contribution in [-0.2, 0) is 0 Å². The largest absolute Gasteiger partial charge is 0.438 e. The van der Waals surface area contributed by atoms with Crippen LogP contribution >= 0.6 is 11.3 Å². The van der Waals surface area contributed by atoms with Gasteiger partial charge in [-0.1, -0.05) is 6.07 Å². The summed E-state index contributed by atoms with van der Waals surface area (Å²) in [5.41, 5.74) is 4.51. The topological polar surface area (TPSA) is 68.0 Å². The molecule has 0 fully saturated rings. The van der Waals surface area contributed by atoms with E-state index >= 15 is 0 Å². The number of amides is 1. The van der Waals surface area contributed by atoms with Gasteiger partial charge in [0, 0.05) is 11.3 Å². The van der Waals surface area contributed by atoms with Gasteiger partial charge in [-0.25, -0.2) is 9.97 Å². The third-order valence-electron chi connectivity index (χ3n) is 3.89. The molecule has 6 heteroatoms. The molecule has 1 N–H and O–H groups in total. The molecule has 1 amide bonds. The highest BCUT2D eigenvalue weighted by atomic mass is 32.1. The number of hydrogen-bond donors (Lipinski definition) is 1. The minimum absolute atomic E-state index is 0.227. The highest BCUT2D eigenvalue weighted by Gasteiger charge is 2.14. The Morgan fingerprint density at radius 1 is 1.12 bits per heavy atom. The third-order valence-corrected chi connectivity index (χ3v) is 4.95. The summed E-state index contributed by atoms with van der Waals surface area (Å²) < 4.78 is 6.28. The average Bonchev–Trinajstić information content (AvgIpc) is 3.21. The van der Waals surface area contributed by atoms with Crippen LogP contribution in [0.2, 0.25) is 0 Å². The van der Waals surface area contributed by atoms with Gasteiger partial charge < -0.3 is 9.73 Å². The van der Waals surface area contributed by atoms with Crippen molar-refractivity contribution in [3.8, 4) is 10.6 Å². The fourth-order valence-electron chi connectivity index (χ4n) is 2.56. The standard InChI is InChI=1S/C19H15N3O2S/c1-11-3-8-15-16(9-11)25-19(22-15)13-4-6-14(7-5-13)21-18(23)17-12(2)20-10-24-17/h3-10H,1-2H3,(H,21,23). The molecule has 0 aliphatic carbocycles. The number of benzene rings is 2. The van der Waals surface area contributed by atoms with Crippen molar-refractivity contribution in [3.63, 3.8) is 0 Å². The first-order chi connectivity index (χ1) is 12.1. The zero-order valence-corrected chi connectivity index (χ0v) is 14.6. The van der Waals surface area contributed by atoms with E-state index in [1.165, 1.54) is 16.7 Å². The number of anilines is 1. The molecule has 5 nitrogen and oxygen atoms in total. The van der Waals surface area contributed by atoms with E-state index in [-0.39, 0.29) is 11.7 Å². The molecule has 0 aliphatic heterocycles. The van der Waals surface area contributed by atoms with Crippen LogP contribution in [0.3, 0.4) is 0 Å². The van der Waals surface area contributed by atoms with Crippen LogP contribution in [0.5, 0.6) is 0 Å². The summed E-state index contributed by atoms with van der Waals surface area (Å²) in [7, 11) is 0. The maximum Gasteiger partial charge on any atom is 0.293 e. The first-order valence-electron chi connectivity index (χ1n) is 7.79. The molecule has 0 unspecified atom stereocenters. The Kier molecular flexibility index (Phi) is 3.82. The van der Waals surface area contributed by atoms with E-state index in [0.717, 1.165) is 16.1 Å². The number of hydrogen-bond acceptors (Lipinski definition) is 5. The van der Waals surface area contributed by atoms with Crippen LogP contribution in [0.1, 0.15) is 21.8 Å². The van der Waals surface area contributed by atoms with Gasteiger partial charge in [0.2, 0.25) is 5.76 Å². The third kappa shape index (κ3) is 3.04. The van der Waals surface area contributed by atoms with Gasteiger partial charge in [0.05, 0.1) is 15.9 Å². The number of thiazole rings is 1. The second-order valence-electron chi connectivity index (χ2n) is 5.79. The van der Waals surface area contributed by atoms with Gasteiger partial charge in [-0.2, -0.15) is 0 Å². The van der Waals surface area contributed by atoms with Gasteiger partial charge in [-0.05, 0) is 55.8 Å². The SMILES string of the molecule is Cc1ccc2nc(-c3ccc(NC(=O)c4ocnc4C)cc3)sc2c1. The molecule has 124 valence electrons. The highest BCUT2D eigenvalue weighted by molar-refractivity contribution is 7.21. The van der Waals surface area contributed by atoms with E-state index in [1.54, 1.807) is 18.3 Å². The lowest BCUT2D eigenvalue weighted by Crippen LogP contribution is -2.12. The lowest BCUT2D eigenvalue weighted by Gasteiger charge is -2.04. The van der Waals surface area contributed by atoms with Crippen molar-refractivity contribution in [2.45, 2.75) is 13.8 Å². The summed E-state index contributed by atoms with van der Waals surface area (Å²) in [4.78, 5) is 20.7. The fraction of sp³-hybridized carbons (Fsp3) is 0.105. The fourth-order valence-corrected chi connectivity index (χ4v) is 3.63. The number of aryl methyl sites for hydroxylation is 2. The molecule has 0 aliphatic rings. The molecule has 2 aromatic heterocycles. The molecule has 2 aromatic carbocycles. The second-order valence-corrected chi connectivity index (χ2v) is 6.82. The van der Waals surface area contributed by atoms with Crippen molar-refractivity contribution < 1.29 is 9.21 Å². The summed E-state index contributed by atoms with van der Waals surface area (Å²) in [6, 6.07) is 13.9. The second kappa shape index (κ2) is 6.14. The minimum atomic E-state index is -0.307. The van der Waals surface area contributed by atoms with Crippen LogP contribution in [0.4, 0.5) is 5.69 Å². The van der Waals surface area contributed by atoms with Crippen molar-refractivity contribution in [2.75, 3.05) is 5.32 Å². The smallest absolute Gasteiger partial charge is 0.293 e. The Hall–Kier alpha value is -2.99. The monoisotopic (exact) mass is 349 g/mol. The summed E-state index contributed by atoms with van der Waals surface area (Å²) in [5, 5.41) is 3.77. The zero-order chi connectivity index (χ0) is 17.4. The summed E-state index contributed by atoms with van der Waals surface area (Å²) >= 11 is 1.66. The molecule has 4 aromatic rings. The number of nitrogens with zero attached hydrogens (tertiary/aromatic N) is 2. The first kappa shape index (κ1) is 15.5. The van der Waals surface area contributed by atoms with E-state index in [4.69, 9.17) is 4.42 Å². The van der Waals surface area contributed by atoms with Crippen molar-refractivity contribution in [1.29, 1.82) is 0 Å². The maximum absolute atomic E-state index is 12.1. The number of oxazole rings is 1. The van der Waals surface area contributed by atoms with Crippen LogP contribution in [0, 0.1) is 13.8 Å². The summed E-state index contributed by atoms with van der Waals surface area (Å²) in [6.07, 6.45) is 1.27. The molecule has 25 heavy (non-hydrogen) atoms. The number of aromatic nitrogens is 2. The molecule has 0 atom stereocenters. The molecule has 0 saturated heterocycles. The van der Waals surface area contributed by atoms with E-state index in [9.17, 15) is 4.79 Å². The molecular weight excluding hydrogens is 334 g/mol. The Bertz CT molecular complexity index is 1060. The molecule has 2 heterocycles. The Labute approximate surface area is 148 Å². The number of nitrogens with one attached hydrogen (secondary N) is 1. The molecule has 0 bridgehead atoms. The Morgan fingerprint density at radius 3 is 2.64 bits per heavy atom. The van der Waals surface area contributed by atoms with Crippen LogP contribution in [0.15, 0.2) is 53.3 Å². The highest BCUT2D eigenvalue weighted by Crippen LogP contribution is 2.31. The number of fused-ring (bicyclic) bond motifs is 1. The van der Waals surface area contributed by atoms with Crippen LogP contribution in [0.25, 0.3) is 20.8 Å². The lowest BCUT2D eigenvalue weighted by molar-refractivity contribution is 0.0996. The quantitative estimate of drug-likeness (QED) is 0.576. The van der Waals surface area contributed by atoms with Crippen molar-refractivity contribution in [2.24, 2.45) is 0 Å². The molecular formula is C19H15N3O2S. The van der Waals surface area contributed by atoms with Gasteiger partial charge >= 0.3 is 0 Å². The first-order valence-corrected chi connectivity index (χ1v) is 8.61. The molecule has 0 spiro atoms. The van der Waals surface area contributed by atoms with E-state index < -0.39 is 0 Å². The predicted octanol–water partition coefficient (Wildman–Crippen LogP) is 4.82. The van der Waals surface area contributed by atoms with Gasteiger partial charge in [0.25, 0.3) is 5.91 Å². The van der Waals surface area contributed by atoms with Crippen molar-refractivity contribution >= 4 is 33.1 Å². The van der Waals surface area contributed by atoms with E-state index in [2.05, 4.69) is 34.3 Å². The van der Waals surface area contributed by atoms with Gasteiger partial charge in [0.1, 0.15) is 5.01 Å².